The zero-order valence-electron chi connectivity index (χ0n) is 10.3. The monoisotopic (exact) mass is 338 g/mol. The molecule has 0 amide bonds. The van der Waals surface area contributed by atoms with Crippen LogP contribution in [0.15, 0.2) is 51.9 Å². The predicted octanol–water partition coefficient (Wildman–Crippen LogP) is 2.25. The van der Waals surface area contributed by atoms with Gasteiger partial charge >= 0.3 is 0 Å². The van der Waals surface area contributed by atoms with Crippen molar-refractivity contribution in [3.05, 3.63) is 73.1 Å². The third kappa shape index (κ3) is 3.31. The van der Waals surface area contributed by atoms with Crippen molar-refractivity contribution in [3.8, 4) is 0 Å². The van der Waals surface area contributed by atoms with Crippen molar-refractivity contribution in [2.24, 2.45) is 0 Å². The van der Waals surface area contributed by atoms with Gasteiger partial charge in [0, 0.05) is 16.6 Å². The van der Waals surface area contributed by atoms with E-state index in [9.17, 15) is 20.0 Å². The molecule has 0 radical (unpaired) electrons. The van der Waals surface area contributed by atoms with E-state index in [1.807, 2.05) is 6.07 Å². The maximum absolute atomic E-state index is 11.6. The van der Waals surface area contributed by atoms with Gasteiger partial charge in [0.1, 0.15) is 0 Å². The first-order valence-electron chi connectivity index (χ1n) is 5.76. The summed E-state index contributed by atoms with van der Waals surface area (Å²) in [6, 6.07) is 9.29. The SMILES string of the molecule is O=c1ccc([N+](=O)[O-])cn1C[C@H](O)c1cccc(Br)c1. The van der Waals surface area contributed by atoms with Gasteiger partial charge in [-0.1, -0.05) is 28.1 Å². The van der Waals surface area contributed by atoms with E-state index in [0.29, 0.717) is 5.56 Å². The first kappa shape index (κ1) is 14.4. The zero-order valence-corrected chi connectivity index (χ0v) is 11.9. The average molecular weight is 339 g/mol. The van der Waals surface area contributed by atoms with Crippen LogP contribution in [0.25, 0.3) is 0 Å². The van der Waals surface area contributed by atoms with Crippen molar-refractivity contribution in [2.75, 3.05) is 0 Å². The molecule has 1 aromatic heterocycles. The summed E-state index contributed by atoms with van der Waals surface area (Å²) < 4.78 is 1.93. The standard InChI is InChI=1S/C13H11BrN2O4/c14-10-3-1-2-9(6-10)12(17)8-15-7-11(16(19)20)4-5-13(15)18/h1-7,12,17H,8H2/t12-/m0/s1. The van der Waals surface area contributed by atoms with Gasteiger partial charge in [0.15, 0.2) is 0 Å². The van der Waals surface area contributed by atoms with Gasteiger partial charge < -0.3 is 9.67 Å². The predicted molar refractivity (Wildman–Crippen MR) is 76.5 cm³/mol. The highest BCUT2D eigenvalue weighted by Crippen LogP contribution is 2.19. The fourth-order valence-corrected chi connectivity index (χ4v) is 2.19. The second kappa shape index (κ2) is 5.98. The second-order valence-corrected chi connectivity index (χ2v) is 5.12. The summed E-state index contributed by atoms with van der Waals surface area (Å²) in [5.74, 6) is 0. The number of nitro groups is 1. The van der Waals surface area contributed by atoms with Gasteiger partial charge in [-0.25, -0.2) is 0 Å². The second-order valence-electron chi connectivity index (χ2n) is 4.21. The van der Waals surface area contributed by atoms with Gasteiger partial charge in [0.05, 0.1) is 23.8 Å². The van der Waals surface area contributed by atoms with E-state index in [0.717, 1.165) is 27.4 Å². The molecule has 0 bridgehead atoms. The summed E-state index contributed by atoms with van der Waals surface area (Å²) in [5, 5.41) is 20.8. The Hall–Kier alpha value is -1.99. The zero-order chi connectivity index (χ0) is 14.7. The highest BCUT2D eigenvalue weighted by atomic mass is 79.9. The van der Waals surface area contributed by atoms with Crippen molar-refractivity contribution in [1.29, 1.82) is 0 Å². The van der Waals surface area contributed by atoms with E-state index >= 15 is 0 Å². The Morgan fingerprint density at radius 2 is 2.10 bits per heavy atom. The molecule has 0 saturated carbocycles. The van der Waals surface area contributed by atoms with E-state index in [1.54, 1.807) is 18.2 Å². The molecule has 0 spiro atoms. The molecule has 0 aliphatic carbocycles. The lowest BCUT2D eigenvalue weighted by Gasteiger charge is -2.13. The van der Waals surface area contributed by atoms with Crippen LogP contribution in [0.5, 0.6) is 0 Å². The van der Waals surface area contributed by atoms with E-state index in [2.05, 4.69) is 15.9 Å². The Morgan fingerprint density at radius 3 is 2.75 bits per heavy atom. The van der Waals surface area contributed by atoms with Gasteiger partial charge in [0.25, 0.3) is 11.2 Å². The molecule has 1 aromatic carbocycles. The van der Waals surface area contributed by atoms with Gasteiger partial charge in [0.2, 0.25) is 0 Å². The fourth-order valence-electron chi connectivity index (χ4n) is 1.77. The number of hydrogen-bond donors (Lipinski definition) is 1. The normalized spacial score (nSPS) is 12.1. The fraction of sp³-hybridized carbons (Fsp3) is 0.154. The minimum absolute atomic E-state index is 0.0447. The third-order valence-corrected chi connectivity index (χ3v) is 3.28. The quantitative estimate of drug-likeness (QED) is 0.684. The molecular weight excluding hydrogens is 328 g/mol. The van der Waals surface area contributed by atoms with Crippen LogP contribution in [0.1, 0.15) is 11.7 Å². The summed E-state index contributed by atoms with van der Waals surface area (Å²) in [4.78, 5) is 21.8. The molecule has 104 valence electrons. The van der Waals surface area contributed by atoms with Crippen LogP contribution < -0.4 is 5.56 Å². The van der Waals surface area contributed by atoms with E-state index < -0.39 is 16.6 Å². The Bertz CT molecular complexity index is 699. The van der Waals surface area contributed by atoms with Crippen LogP contribution in [0, 0.1) is 10.1 Å². The van der Waals surface area contributed by atoms with Crippen molar-refractivity contribution < 1.29 is 10.0 Å². The lowest BCUT2D eigenvalue weighted by atomic mass is 10.1. The molecule has 2 aromatic rings. The van der Waals surface area contributed by atoms with Crippen LogP contribution in [0.3, 0.4) is 0 Å². The summed E-state index contributed by atoms with van der Waals surface area (Å²) >= 11 is 3.29. The molecule has 0 saturated heterocycles. The Kier molecular flexibility index (Phi) is 4.31. The molecule has 1 N–H and O–H groups in total. The summed E-state index contributed by atoms with van der Waals surface area (Å²) in [6.07, 6.45) is 0.205. The number of halogens is 1. The molecule has 6 nitrogen and oxygen atoms in total. The number of rotatable bonds is 4. The van der Waals surface area contributed by atoms with Gasteiger partial charge in [-0.2, -0.15) is 0 Å². The number of pyridine rings is 1. The molecule has 2 rings (SSSR count). The van der Waals surface area contributed by atoms with Crippen LogP contribution in [-0.2, 0) is 6.54 Å². The van der Waals surface area contributed by atoms with Crippen LogP contribution >= 0.6 is 15.9 Å². The van der Waals surface area contributed by atoms with E-state index in [-0.39, 0.29) is 12.2 Å². The Morgan fingerprint density at radius 1 is 1.35 bits per heavy atom. The minimum Gasteiger partial charge on any atom is -0.387 e. The highest BCUT2D eigenvalue weighted by Gasteiger charge is 2.13. The van der Waals surface area contributed by atoms with Crippen molar-refractivity contribution in [3.63, 3.8) is 0 Å². The lowest BCUT2D eigenvalue weighted by molar-refractivity contribution is -0.385. The lowest BCUT2D eigenvalue weighted by Crippen LogP contribution is -2.22. The molecule has 20 heavy (non-hydrogen) atoms. The number of hydrogen-bond acceptors (Lipinski definition) is 4. The summed E-state index contributed by atoms with van der Waals surface area (Å²) in [5.41, 5.74) is 0.0356. The topological polar surface area (TPSA) is 85.4 Å². The summed E-state index contributed by atoms with van der Waals surface area (Å²) in [7, 11) is 0. The smallest absolute Gasteiger partial charge is 0.285 e. The largest absolute Gasteiger partial charge is 0.387 e. The molecular formula is C13H11BrN2O4. The first-order valence-corrected chi connectivity index (χ1v) is 6.55. The number of aliphatic hydroxyl groups excluding tert-OH is 1. The van der Waals surface area contributed by atoms with Gasteiger partial charge in [-0.05, 0) is 17.7 Å². The molecule has 7 heteroatoms. The van der Waals surface area contributed by atoms with Gasteiger partial charge in [-0.15, -0.1) is 0 Å². The van der Waals surface area contributed by atoms with E-state index in [4.69, 9.17) is 0 Å². The van der Waals surface area contributed by atoms with Crippen molar-refractivity contribution in [1.82, 2.24) is 4.57 Å². The summed E-state index contributed by atoms with van der Waals surface area (Å²) in [6.45, 7) is -0.0447. The number of nitrogens with zero attached hydrogens (tertiary/aromatic N) is 2. The minimum atomic E-state index is -0.924. The molecule has 0 aliphatic heterocycles. The van der Waals surface area contributed by atoms with Crippen LogP contribution in [0.2, 0.25) is 0 Å². The van der Waals surface area contributed by atoms with E-state index in [1.165, 1.54) is 0 Å². The molecule has 0 unspecified atom stereocenters. The maximum atomic E-state index is 11.6. The molecule has 0 aliphatic rings. The molecule has 0 fully saturated rings. The van der Waals surface area contributed by atoms with Crippen molar-refractivity contribution >= 4 is 21.6 Å². The van der Waals surface area contributed by atoms with Crippen LogP contribution in [0.4, 0.5) is 5.69 Å². The average Bonchev–Trinajstić information content (AvgIpc) is 2.41. The van der Waals surface area contributed by atoms with Crippen molar-refractivity contribution in [2.45, 2.75) is 12.6 Å². The Labute approximate surface area is 122 Å². The molecule has 1 atom stereocenters. The van der Waals surface area contributed by atoms with Gasteiger partial charge in [-0.3, -0.25) is 14.9 Å². The third-order valence-electron chi connectivity index (χ3n) is 2.78. The number of aliphatic hydroxyl groups is 1. The number of aromatic nitrogens is 1. The molecule has 1 heterocycles. The van der Waals surface area contributed by atoms with Crippen LogP contribution in [-0.4, -0.2) is 14.6 Å². The number of benzene rings is 1. The Balaban J connectivity index is 2.27. The maximum Gasteiger partial charge on any atom is 0.285 e. The first-order chi connectivity index (χ1) is 9.47. The highest BCUT2D eigenvalue weighted by molar-refractivity contribution is 9.10.